The predicted octanol–water partition coefficient (Wildman–Crippen LogP) is 2.87. The number of ether oxygens (including phenoxy) is 1. The molecule has 154 valence electrons. The van der Waals surface area contributed by atoms with Crippen LogP contribution >= 0.6 is 0 Å². The smallest absolute Gasteiger partial charge is 0.223 e. The highest BCUT2D eigenvalue weighted by molar-refractivity contribution is 5.81. The minimum absolute atomic E-state index is 0.000138. The number of carbonyl (C=O) groups is 2. The van der Waals surface area contributed by atoms with Gasteiger partial charge in [-0.2, -0.15) is 0 Å². The molecule has 0 unspecified atom stereocenters. The first-order chi connectivity index (χ1) is 14.2. The quantitative estimate of drug-likeness (QED) is 0.720. The van der Waals surface area contributed by atoms with Gasteiger partial charge in [-0.3, -0.25) is 14.6 Å². The molecule has 0 saturated heterocycles. The van der Waals surface area contributed by atoms with Crippen LogP contribution in [0.1, 0.15) is 36.9 Å². The highest BCUT2D eigenvalue weighted by atomic mass is 16.5. The summed E-state index contributed by atoms with van der Waals surface area (Å²) >= 11 is 0. The molecule has 2 amide bonds. The summed E-state index contributed by atoms with van der Waals surface area (Å²) in [7, 11) is 1.65. The van der Waals surface area contributed by atoms with Gasteiger partial charge in [-0.1, -0.05) is 18.2 Å². The minimum atomic E-state index is -0.0143. The normalized spacial score (nSPS) is 18.7. The van der Waals surface area contributed by atoms with Crippen molar-refractivity contribution in [2.75, 3.05) is 13.7 Å². The van der Waals surface area contributed by atoms with Gasteiger partial charge in [0.2, 0.25) is 11.8 Å². The van der Waals surface area contributed by atoms with Crippen molar-refractivity contribution in [2.24, 2.45) is 11.8 Å². The summed E-state index contributed by atoms with van der Waals surface area (Å²) in [5, 5.41) is 6.00. The number of hydrogen-bond acceptors (Lipinski definition) is 4. The lowest BCUT2D eigenvalue weighted by atomic mass is 9.81. The minimum Gasteiger partial charge on any atom is -0.497 e. The Bertz CT molecular complexity index is 802. The number of carbonyl (C=O) groups excluding carboxylic acids is 2. The van der Waals surface area contributed by atoms with E-state index in [2.05, 4.69) is 15.6 Å². The molecule has 0 bridgehead atoms. The molecule has 2 N–H and O–H groups in total. The first kappa shape index (κ1) is 20.8. The summed E-state index contributed by atoms with van der Waals surface area (Å²) in [6.45, 7) is 1.06. The molecule has 0 spiro atoms. The SMILES string of the molecule is COc1cccc(CCNC(=O)C2CCC(C(=O)NCc3ccccn3)CC2)c1. The fourth-order valence-electron chi connectivity index (χ4n) is 3.74. The molecule has 1 aliphatic rings. The number of rotatable bonds is 8. The summed E-state index contributed by atoms with van der Waals surface area (Å²) in [4.78, 5) is 29.1. The highest BCUT2D eigenvalue weighted by Gasteiger charge is 2.29. The zero-order valence-corrected chi connectivity index (χ0v) is 16.9. The molecule has 0 aliphatic heterocycles. The number of amides is 2. The van der Waals surface area contributed by atoms with Gasteiger partial charge in [-0.05, 0) is 61.9 Å². The monoisotopic (exact) mass is 395 g/mol. The Labute approximate surface area is 172 Å². The lowest BCUT2D eigenvalue weighted by molar-refractivity contribution is -0.130. The molecule has 6 nitrogen and oxygen atoms in total. The number of methoxy groups -OCH3 is 1. The van der Waals surface area contributed by atoms with E-state index in [1.807, 2.05) is 42.5 Å². The van der Waals surface area contributed by atoms with Gasteiger partial charge in [0, 0.05) is 24.6 Å². The van der Waals surface area contributed by atoms with Crippen molar-refractivity contribution in [3.05, 3.63) is 59.9 Å². The lowest BCUT2D eigenvalue weighted by Gasteiger charge is -2.27. The molecular formula is C23H29N3O3. The summed E-state index contributed by atoms with van der Waals surface area (Å²) in [5.74, 6) is 0.973. The lowest BCUT2D eigenvalue weighted by Crippen LogP contribution is -2.38. The van der Waals surface area contributed by atoms with Crippen LogP contribution < -0.4 is 15.4 Å². The molecule has 3 rings (SSSR count). The van der Waals surface area contributed by atoms with Gasteiger partial charge >= 0.3 is 0 Å². The number of benzene rings is 1. The number of aromatic nitrogens is 1. The molecule has 1 heterocycles. The van der Waals surface area contributed by atoms with E-state index in [-0.39, 0.29) is 23.7 Å². The van der Waals surface area contributed by atoms with Crippen molar-refractivity contribution in [3.63, 3.8) is 0 Å². The molecule has 6 heteroatoms. The van der Waals surface area contributed by atoms with E-state index in [0.717, 1.165) is 49.1 Å². The van der Waals surface area contributed by atoms with Crippen LogP contribution in [0, 0.1) is 11.8 Å². The fraction of sp³-hybridized carbons (Fsp3) is 0.435. The van der Waals surface area contributed by atoms with Gasteiger partial charge in [0.1, 0.15) is 5.75 Å². The van der Waals surface area contributed by atoms with E-state index in [1.54, 1.807) is 13.3 Å². The average Bonchev–Trinajstić information content (AvgIpc) is 2.78. The van der Waals surface area contributed by atoms with Gasteiger partial charge in [0.05, 0.1) is 19.3 Å². The highest BCUT2D eigenvalue weighted by Crippen LogP contribution is 2.29. The maximum absolute atomic E-state index is 12.5. The zero-order chi connectivity index (χ0) is 20.5. The van der Waals surface area contributed by atoms with Crippen molar-refractivity contribution < 1.29 is 14.3 Å². The molecular weight excluding hydrogens is 366 g/mol. The van der Waals surface area contributed by atoms with E-state index in [0.29, 0.717) is 13.1 Å². The Morgan fingerprint density at radius 2 is 1.72 bits per heavy atom. The van der Waals surface area contributed by atoms with Crippen LogP contribution in [-0.2, 0) is 22.6 Å². The van der Waals surface area contributed by atoms with Crippen LogP contribution in [-0.4, -0.2) is 30.5 Å². The third kappa shape index (κ3) is 6.31. The maximum Gasteiger partial charge on any atom is 0.223 e. The predicted molar refractivity (Wildman–Crippen MR) is 111 cm³/mol. The average molecular weight is 396 g/mol. The number of hydrogen-bond donors (Lipinski definition) is 2. The Balaban J connectivity index is 1.36. The Morgan fingerprint density at radius 1 is 1.00 bits per heavy atom. The maximum atomic E-state index is 12.5. The summed E-state index contributed by atoms with van der Waals surface area (Å²) in [6.07, 6.45) is 5.51. The number of nitrogens with zero attached hydrogens (tertiary/aromatic N) is 1. The second kappa shape index (κ2) is 10.6. The van der Waals surface area contributed by atoms with Crippen LogP contribution in [0.25, 0.3) is 0 Å². The number of pyridine rings is 1. The Hall–Kier alpha value is -2.89. The van der Waals surface area contributed by atoms with E-state index in [1.165, 1.54) is 0 Å². The largest absolute Gasteiger partial charge is 0.497 e. The topological polar surface area (TPSA) is 80.3 Å². The molecule has 0 atom stereocenters. The van der Waals surface area contributed by atoms with Crippen molar-refractivity contribution in [2.45, 2.75) is 38.6 Å². The number of nitrogens with one attached hydrogen (secondary N) is 2. The fourth-order valence-corrected chi connectivity index (χ4v) is 3.74. The second-order valence-corrected chi connectivity index (χ2v) is 7.48. The first-order valence-corrected chi connectivity index (χ1v) is 10.2. The Kier molecular flexibility index (Phi) is 7.61. The molecule has 2 aromatic rings. The van der Waals surface area contributed by atoms with Crippen LogP contribution in [0.15, 0.2) is 48.7 Å². The second-order valence-electron chi connectivity index (χ2n) is 7.48. The van der Waals surface area contributed by atoms with Crippen LogP contribution in [0.4, 0.5) is 0 Å². The van der Waals surface area contributed by atoms with Crippen LogP contribution in [0.5, 0.6) is 5.75 Å². The van der Waals surface area contributed by atoms with Gasteiger partial charge in [0.15, 0.2) is 0 Å². The molecule has 1 saturated carbocycles. The third-order valence-electron chi connectivity index (χ3n) is 5.49. The summed E-state index contributed by atoms with van der Waals surface area (Å²) < 4.78 is 5.23. The summed E-state index contributed by atoms with van der Waals surface area (Å²) in [5.41, 5.74) is 1.99. The van der Waals surface area contributed by atoms with Crippen LogP contribution in [0.3, 0.4) is 0 Å². The van der Waals surface area contributed by atoms with E-state index in [9.17, 15) is 9.59 Å². The summed E-state index contributed by atoms with van der Waals surface area (Å²) in [6, 6.07) is 13.5. The van der Waals surface area contributed by atoms with Gasteiger partial charge in [-0.15, -0.1) is 0 Å². The van der Waals surface area contributed by atoms with Crippen molar-refractivity contribution in [1.82, 2.24) is 15.6 Å². The van der Waals surface area contributed by atoms with E-state index < -0.39 is 0 Å². The molecule has 0 radical (unpaired) electrons. The third-order valence-corrected chi connectivity index (χ3v) is 5.49. The standard InChI is InChI=1S/C23H29N3O3/c1-29-21-7-4-5-17(15-21)12-14-25-22(27)18-8-10-19(11-9-18)23(28)26-16-20-6-2-3-13-24-20/h2-7,13,15,18-19H,8-12,14,16H2,1H3,(H,25,27)(H,26,28). The molecule has 29 heavy (non-hydrogen) atoms. The van der Waals surface area contributed by atoms with Crippen molar-refractivity contribution in [1.29, 1.82) is 0 Å². The van der Waals surface area contributed by atoms with Gasteiger partial charge in [-0.25, -0.2) is 0 Å². The molecule has 1 aromatic heterocycles. The Morgan fingerprint density at radius 3 is 2.38 bits per heavy atom. The first-order valence-electron chi connectivity index (χ1n) is 10.2. The van der Waals surface area contributed by atoms with Crippen molar-refractivity contribution in [3.8, 4) is 5.75 Å². The van der Waals surface area contributed by atoms with Crippen molar-refractivity contribution >= 4 is 11.8 Å². The zero-order valence-electron chi connectivity index (χ0n) is 16.9. The van der Waals surface area contributed by atoms with E-state index in [4.69, 9.17) is 4.74 Å². The van der Waals surface area contributed by atoms with Gasteiger partial charge in [0.25, 0.3) is 0 Å². The van der Waals surface area contributed by atoms with Gasteiger partial charge < -0.3 is 15.4 Å². The molecule has 1 aromatic carbocycles. The molecule has 1 aliphatic carbocycles. The molecule has 1 fully saturated rings. The van der Waals surface area contributed by atoms with E-state index >= 15 is 0 Å². The van der Waals surface area contributed by atoms with Crippen LogP contribution in [0.2, 0.25) is 0 Å².